The molecule has 0 bridgehead atoms. The van der Waals surface area contributed by atoms with E-state index < -0.39 is 41.5 Å². The number of nitrogens with zero attached hydrogens (tertiary/aromatic N) is 2. The Balaban J connectivity index is 1.58. The van der Waals surface area contributed by atoms with Crippen molar-refractivity contribution in [3.63, 3.8) is 0 Å². The molecule has 0 radical (unpaired) electrons. The van der Waals surface area contributed by atoms with Crippen LogP contribution in [0.15, 0.2) is 66.9 Å². The molecule has 0 saturated carbocycles. The van der Waals surface area contributed by atoms with Gasteiger partial charge >= 0.3 is 0 Å². The Kier molecular flexibility index (Phi) is 6.68. The SMILES string of the molecule is Cc1ccc(-c2nn(-c3ccccc3)cc2C(=O)NCC(=O)Nc2ccc(F)c(F)c2F)c(C)c1. The van der Waals surface area contributed by atoms with Gasteiger partial charge in [0.2, 0.25) is 5.91 Å². The molecule has 0 fully saturated rings. The Labute approximate surface area is 199 Å². The normalized spacial score (nSPS) is 10.8. The highest BCUT2D eigenvalue weighted by Gasteiger charge is 2.21. The molecule has 1 aromatic heterocycles. The highest BCUT2D eigenvalue weighted by molar-refractivity contribution is 6.03. The summed E-state index contributed by atoms with van der Waals surface area (Å²) in [4.78, 5) is 25.3. The molecule has 9 heteroatoms. The van der Waals surface area contributed by atoms with Gasteiger partial charge in [-0.3, -0.25) is 9.59 Å². The number of aryl methyl sites for hydroxylation is 2. The summed E-state index contributed by atoms with van der Waals surface area (Å²) in [6.45, 7) is 3.34. The Morgan fingerprint density at radius 2 is 1.69 bits per heavy atom. The molecule has 2 N–H and O–H groups in total. The summed E-state index contributed by atoms with van der Waals surface area (Å²) in [5.41, 5.74) is 3.59. The lowest BCUT2D eigenvalue weighted by Gasteiger charge is -2.09. The van der Waals surface area contributed by atoms with E-state index in [1.165, 1.54) is 0 Å². The molecule has 178 valence electrons. The third-order valence-corrected chi connectivity index (χ3v) is 5.34. The number of anilines is 1. The number of rotatable bonds is 6. The Hall–Kier alpha value is -4.40. The first-order valence-electron chi connectivity index (χ1n) is 10.7. The molecular weight excluding hydrogens is 457 g/mol. The summed E-state index contributed by atoms with van der Waals surface area (Å²) >= 11 is 0. The Bertz CT molecular complexity index is 1420. The average molecular weight is 478 g/mol. The van der Waals surface area contributed by atoms with Crippen molar-refractivity contribution >= 4 is 17.5 Å². The van der Waals surface area contributed by atoms with Crippen LogP contribution in [0.2, 0.25) is 0 Å². The minimum absolute atomic E-state index is 0.229. The average Bonchev–Trinajstić information content (AvgIpc) is 3.29. The first-order valence-corrected chi connectivity index (χ1v) is 10.7. The van der Waals surface area contributed by atoms with Gasteiger partial charge in [-0.25, -0.2) is 17.9 Å². The summed E-state index contributed by atoms with van der Waals surface area (Å²) in [5, 5.41) is 9.21. The zero-order chi connectivity index (χ0) is 25.1. The summed E-state index contributed by atoms with van der Waals surface area (Å²) in [7, 11) is 0. The summed E-state index contributed by atoms with van der Waals surface area (Å²) in [6.07, 6.45) is 1.56. The zero-order valence-corrected chi connectivity index (χ0v) is 18.9. The molecule has 0 atom stereocenters. The molecule has 0 aliphatic rings. The Morgan fingerprint density at radius 3 is 2.40 bits per heavy atom. The van der Waals surface area contributed by atoms with E-state index in [4.69, 9.17) is 0 Å². The third kappa shape index (κ3) is 5.08. The van der Waals surface area contributed by atoms with Crippen LogP contribution in [-0.2, 0) is 4.79 Å². The van der Waals surface area contributed by atoms with E-state index in [1.807, 2.05) is 62.4 Å². The third-order valence-electron chi connectivity index (χ3n) is 5.34. The maximum Gasteiger partial charge on any atom is 0.255 e. The van der Waals surface area contributed by atoms with Crippen molar-refractivity contribution in [2.75, 3.05) is 11.9 Å². The van der Waals surface area contributed by atoms with Gasteiger partial charge in [-0.05, 0) is 43.7 Å². The van der Waals surface area contributed by atoms with Gasteiger partial charge in [0.25, 0.3) is 5.91 Å². The summed E-state index contributed by atoms with van der Waals surface area (Å²) in [5.74, 6) is -5.98. The molecule has 2 amide bonds. The molecule has 0 aliphatic heterocycles. The second-order valence-corrected chi connectivity index (χ2v) is 7.94. The lowest BCUT2D eigenvalue weighted by Crippen LogP contribution is -2.33. The van der Waals surface area contributed by atoms with Gasteiger partial charge in [-0.1, -0.05) is 42.0 Å². The van der Waals surface area contributed by atoms with Crippen LogP contribution in [0.4, 0.5) is 18.9 Å². The van der Waals surface area contributed by atoms with Crippen molar-refractivity contribution in [3.8, 4) is 16.9 Å². The molecular formula is C26H21F3N4O2. The van der Waals surface area contributed by atoms with E-state index in [1.54, 1.807) is 10.9 Å². The standard InChI is InChI=1S/C26H21F3N4O2/c1-15-8-9-18(16(2)12-15)25-19(14-33(32-25)17-6-4-3-5-7-17)26(35)30-13-22(34)31-21-11-10-20(27)23(28)24(21)29/h3-12,14H,13H2,1-2H3,(H,30,35)(H,31,34). The number of amides is 2. The van der Waals surface area contributed by atoms with E-state index >= 15 is 0 Å². The number of hydrogen-bond acceptors (Lipinski definition) is 3. The highest BCUT2D eigenvalue weighted by atomic mass is 19.2. The molecule has 4 aromatic rings. The highest BCUT2D eigenvalue weighted by Crippen LogP contribution is 2.27. The lowest BCUT2D eigenvalue weighted by molar-refractivity contribution is -0.115. The number of halogens is 3. The van der Waals surface area contributed by atoms with Gasteiger partial charge in [0.05, 0.1) is 23.5 Å². The second-order valence-electron chi connectivity index (χ2n) is 7.94. The minimum Gasteiger partial charge on any atom is -0.343 e. The predicted octanol–water partition coefficient (Wildman–Crippen LogP) is 4.94. The largest absolute Gasteiger partial charge is 0.343 e. The van der Waals surface area contributed by atoms with Gasteiger partial charge < -0.3 is 10.6 Å². The van der Waals surface area contributed by atoms with Crippen molar-refractivity contribution in [3.05, 3.63) is 101 Å². The van der Waals surface area contributed by atoms with Crippen LogP contribution in [0.25, 0.3) is 16.9 Å². The molecule has 1 heterocycles. The molecule has 3 aromatic carbocycles. The van der Waals surface area contributed by atoms with Crippen LogP contribution in [-0.4, -0.2) is 28.1 Å². The van der Waals surface area contributed by atoms with E-state index in [0.717, 1.165) is 28.4 Å². The van der Waals surface area contributed by atoms with E-state index in [0.29, 0.717) is 11.8 Å². The number of benzene rings is 3. The van der Waals surface area contributed by atoms with Crippen molar-refractivity contribution in [1.29, 1.82) is 0 Å². The molecule has 0 saturated heterocycles. The smallest absolute Gasteiger partial charge is 0.255 e. The quantitative estimate of drug-likeness (QED) is 0.386. The first-order chi connectivity index (χ1) is 16.7. The number of aromatic nitrogens is 2. The van der Waals surface area contributed by atoms with Crippen molar-refractivity contribution in [2.24, 2.45) is 0 Å². The number of para-hydroxylation sites is 1. The molecule has 4 rings (SSSR count). The molecule has 0 aliphatic carbocycles. The first kappa shape index (κ1) is 23.7. The minimum atomic E-state index is -1.70. The van der Waals surface area contributed by atoms with Crippen molar-refractivity contribution in [2.45, 2.75) is 13.8 Å². The van der Waals surface area contributed by atoms with Crippen LogP contribution in [0.1, 0.15) is 21.5 Å². The number of carbonyl (C=O) groups is 2. The fourth-order valence-electron chi connectivity index (χ4n) is 3.60. The maximum absolute atomic E-state index is 13.8. The topological polar surface area (TPSA) is 76.0 Å². The summed E-state index contributed by atoms with van der Waals surface area (Å²) in [6, 6.07) is 16.6. The fraction of sp³-hybridized carbons (Fsp3) is 0.115. The monoisotopic (exact) mass is 478 g/mol. The van der Waals surface area contributed by atoms with Gasteiger partial charge in [0.15, 0.2) is 17.5 Å². The van der Waals surface area contributed by atoms with Crippen LogP contribution >= 0.6 is 0 Å². The van der Waals surface area contributed by atoms with E-state index in [2.05, 4.69) is 15.7 Å². The molecule has 0 spiro atoms. The van der Waals surface area contributed by atoms with Crippen LogP contribution in [0.3, 0.4) is 0 Å². The maximum atomic E-state index is 13.8. The molecule has 35 heavy (non-hydrogen) atoms. The van der Waals surface area contributed by atoms with E-state index in [-0.39, 0.29) is 5.56 Å². The van der Waals surface area contributed by atoms with Crippen molar-refractivity contribution in [1.82, 2.24) is 15.1 Å². The lowest BCUT2D eigenvalue weighted by atomic mass is 10.0. The second kappa shape index (κ2) is 9.84. The van der Waals surface area contributed by atoms with Crippen LogP contribution in [0.5, 0.6) is 0 Å². The molecule has 0 unspecified atom stereocenters. The zero-order valence-electron chi connectivity index (χ0n) is 18.9. The molecule has 6 nitrogen and oxygen atoms in total. The number of hydrogen-bond donors (Lipinski definition) is 2. The van der Waals surface area contributed by atoms with E-state index in [9.17, 15) is 22.8 Å². The van der Waals surface area contributed by atoms with Gasteiger partial charge in [-0.2, -0.15) is 5.10 Å². The van der Waals surface area contributed by atoms with Gasteiger partial charge in [-0.15, -0.1) is 0 Å². The Morgan fingerprint density at radius 1 is 0.943 bits per heavy atom. The number of carbonyl (C=O) groups excluding carboxylic acids is 2. The summed E-state index contributed by atoms with van der Waals surface area (Å²) < 4.78 is 41.9. The van der Waals surface area contributed by atoms with Crippen LogP contribution in [0, 0.1) is 31.3 Å². The van der Waals surface area contributed by atoms with Gasteiger partial charge in [0.1, 0.15) is 5.69 Å². The van der Waals surface area contributed by atoms with Crippen molar-refractivity contribution < 1.29 is 22.8 Å². The van der Waals surface area contributed by atoms with Crippen LogP contribution < -0.4 is 10.6 Å². The fourth-order valence-corrected chi connectivity index (χ4v) is 3.60. The predicted molar refractivity (Wildman–Crippen MR) is 126 cm³/mol. The number of nitrogens with one attached hydrogen (secondary N) is 2. The van der Waals surface area contributed by atoms with Gasteiger partial charge in [0, 0.05) is 11.8 Å².